The molecule has 2 aromatic rings. The van der Waals surface area contributed by atoms with Crippen molar-refractivity contribution in [3.8, 4) is 0 Å². The topological polar surface area (TPSA) is 38.3 Å². The van der Waals surface area contributed by atoms with Gasteiger partial charge in [0.05, 0.1) is 13.2 Å². The quantitative estimate of drug-likeness (QED) is 0.940. The van der Waals surface area contributed by atoms with Gasteiger partial charge >= 0.3 is 0 Å². The molecule has 2 aromatic carbocycles. The molecule has 1 saturated heterocycles. The maximum absolute atomic E-state index is 12.6. The van der Waals surface area contributed by atoms with Crippen molar-refractivity contribution >= 4 is 5.91 Å². The van der Waals surface area contributed by atoms with Crippen molar-refractivity contribution in [2.24, 2.45) is 0 Å². The molecule has 3 heteroatoms. The van der Waals surface area contributed by atoms with E-state index < -0.39 is 0 Å². The third-order valence-electron chi connectivity index (χ3n) is 4.60. The Labute approximate surface area is 130 Å². The summed E-state index contributed by atoms with van der Waals surface area (Å²) in [5.41, 5.74) is 2.78. The Morgan fingerprint density at radius 3 is 2.23 bits per heavy atom. The highest BCUT2D eigenvalue weighted by molar-refractivity contribution is 5.95. The van der Waals surface area contributed by atoms with Gasteiger partial charge in [-0.25, -0.2) is 0 Å². The van der Waals surface area contributed by atoms with E-state index in [1.54, 1.807) is 0 Å². The summed E-state index contributed by atoms with van der Waals surface area (Å²) in [6, 6.07) is 18.1. The molecule has 1 heterocycles. The average Bonchev–Trinajstić information content (AvgIpc) is 3.36. The van der Waals surface area contributed by atoms with Crippen LogP contribution < -0.4 is 5.32 Å². The van der Waals surface area contributed by atoms with Crippen LogP contribution in [0.2, 0.25) is 0 Å². The summed E-state index contributed by atoms with van der Waals surface area (Å²) in [6.07, 6.45) is 2.56. The molecule has 0 radical (unpaired) electrons. The first-order valence-electron chi connectivity index (χ1n) is 7.83. The van der Waals surface area contributed by atoms with Crippen LogP contribution in [0.4, 0.5) is 0 Å². The summed E-state index contributed by atoms with van der Waals surface area (Å²) in [7, 11) is 0. The van der Waals surface area contributed by atoms with Crippen LogP contribution in [0.5, 0.6) is 0 Å². The van der Waals surface area contributed by atoms with E-state index in [9.17, 15) is 4.79 Å². The van der Waals surface area contributed by atoms with Crippen molar-refractivity contribution in [3.05, 3.63) is 71.3 Å². The van der Waals surface area contributed by atoms with E-state index in [0.29, 0.717) is 24.7 Å². The van der Waals surface area contributed by atoms with Gasteiger partial charge in [0.1, 0.15) is 5.54 Å². The number of nitrogens with one attached hydrogen (secondary N) is 1. The highest BCUT2D eigenvalue weighted by atomic mass is 16.5. The Morgan fingerprint density at radius 2 is 1.68 bits per heavy atom. The molecule has 0 unspecified atom stereocenters. The van der Waals surface area contributed by atoms with E-state index >= 15 is 0 Å². The van der Waals surface area contributed by atoms with Gasteiger partial charge in [0.25, 0.3) is 5.91 Å². The third-order valence-corrected chi connectivity index (χ3v) is 4.60. The molecule has 2 aliphatic rings. The molecule has 1 amide bonds. The molecular formula is C19H19NO2. The minimum absolute atomic E-state index is 0.0329. The Hall–Kier alpha value is -2.13. The van der Waals surface area contributed by atoms with Crippen LogP contribution >= 0.6 is 0 Å². The minimum atomic E-state index is -0.381. The van der Waals surface area contributed by atoms with Crippen molar-refractivity contribution < 1.29 is 9.53 Å². The molecule has 112 valence electrons. The van der Waals surface area contributed by atoms with E-state index in [1.807, 2.05) is 42.5 Å². The van der Waals surface area contributed by atoms with Gasteiger partial charge in [-0.3, -0.25) is 4.79 Å². The number of carbonyl (C=O) groups excluding carboxylic acids is 1. The average molecular weight is 293 g/mol. The molecule has 1 aliphatic heterocycles. The molecule has 2 fully saturated rings. The zero-order valence-corrected chi connectivity index (χ0v) is 12.4. The fourth-order valence-corrected chi connectivity index (χ4v) is 2.99. The monoisotopic (exact) mass is 293 g/mol. The van der Waals surface area contributed by atoms with Crippen LogP contribution in [-0.4, -0.2) is 19.1 Å². The summed E-state index contributed by atoms with van der Waals surface area (Å²) in [4.78, 5) is 12.6. The van der Waals surface area contributed by atoms with Gasteiger partial charge in [-0.2, -0.15) is 0 Å². The number of benzene rings is 2. The lowest BCUT2D eigenvalue weighted by Gasteiger charge is -2.42. The normalized spacial score (nSPS) is 19.3. The second-order valence-electron chi connectivity index (χ2n) is 6.29. The number of hydrogen-bond acceptors (Lipinski definition) is 2. The summed E-state index contributed by atoms with van der Waals surface area (Å²) in [6.45, 7) is 1.06. The Morgan fingerprint density at radius 1 is 1.00 bits per heavy atom. The Bertz CT molecular complexity index is 670. The van der Waals surface area contributed by atoms with Crippen molar-refractivity contribution in [2.45, 2.75) is 24.3 Å². The number of amides is 1. The summed E-state index contributed by atoms with van der Waals surface area (Å²) in [5, 5.41) is 3.16. The molecule has 1 saturated carbocycles. The number of ether oxygens (including phenoxy) is 1. The lowest BCUT2D eigenvalue weighted by molar-refractivity contribution is -0.0733. The molecule has 1 aliphatic carbocycles. The lowest BCUT2D eigenvalue weighted by Crippen LogP contribution is -2.59. The first kappa shape index (κ1) is 13.5. The number of rotatable bonds is 4. The van der Waals surface area contributed by atoms with E-state index in [4.69, 9.17) is 4.74 Å². The summed E-state index contributed by atoms with van der Waals surface area (Å²) in [5.74, 6) is 0.683. The predicted molar refractivity (Wildman–Crippen MR) is 84.8 cm³/mol. The first-order valence-corrected chi connectivity index (χ1v) is 7.83. The number of hydrogen-bond donors (Lipinski definition) is 1. The van der Waals surface area contributed by atoms with Crippen molar-refractivity contribution in [1.82, 2.24) is 5.32 Å². The van der Waals surface area contributed by atoms with Crippen LogP contribution in [0.3, 0.4) is 0 Å². The predicted octanol–water partition coefficient (Wildman–Crippen LogP) is 3.22. The van der Waals surface area contributed by atoms with Crippen LogP contribution in [0.25, 0.3) is 0 Å². The van der Waals surface area contributed by atoms with Gasteiger partial charge < -0.3 is 10.1 Å². The van der Waals surface area contributed by atoms with Crippen molar-refractivity contribution in [1.29, 1.82) is 0 Å². The van der Waals surface area contributed by atoms with E-state index in [2.05, 4.69) is 17.4 Å². The highest BCUT2D eigenvalue weighted by Crippen LogP contribution is 2.40. The van der Waals surface area contributed by atoms with Crippen LogP contribution in [0.15, 0.2) is 54.6 Å². The minimum Gasteiger partial charge on any atom is -0.376 e. The van der Waals surface area contributed by atoms with Gasteiger partial charge in [-0.05, 0) is 42.0 Å². The van der Waals surface area contributed by atoms with Crippen LogP contribution in [-0.2, 0) is 10.3 Å². The first-order chi connectivity index (χ1) is 10.8. The van der Waals surface area contributed by atoms with E-state index in [-0.39, 0.29) is 11.4 Å². The zero-order chi connectivity index (χ0) is 15.0. The summed E-state index contributed by atoms with van der Waals surface area (Å²) >= 11 is 0. The van der Waals surface area contributed by atoms with Gasteiger partial charge in [-0.1, -0.05) is 42.5 Å². The molecule has 0 spiro atoms. The zero-order valence-electron chi connectivity index (χ0n) is 12.4. The fraction of sp³-hybridized carbons (Fsp3) is 0.316. The maximum atomic E-state index is 12.6. The fourth-order valence-electron chi connectivity index (χ4n) is 2.99. The van der Waals surface area contributed by atoms with Crippen molar-refractivity contribution in [3.63, 3.8) is 0 Å². The molecule has 4 rings (SSSR count). The van der Waals surface area contributed by atoms with Gasteiger partial charge in [0, 0.05) is 5.56 Å². The SMILES string of the molecule is O=C(NC1(c2ccccc2)COC1)c1ccc(C2CC2)cc1. The second kappa shape index (κ2) is 5.25. The second-order valence-corrected chi connectivity index (χ2v) is 6.29. The molecule has 0 atom stereocenters. The van der Waals surface area contributed by atoms with Crippen LogP contribution in [0.1, 0.15) is 40.2 Å². The van der Waals surface area contributed by atoms with Crippen molar-refractivity contribution in [2.75, 3.05) is 13.2 Å². The standard InChI is InChI=1S/C19H19NO2/c21-18(16-10-8-15(9-11-16)14-6-7-14)20-19(12-22-13-19)17-4-2-1-3-5-17/h1-5,8-11,14H,6-7,12-13H2,(H,20,21). The summed E-state index contributed by atoms with van der Waals surface area (Å²) < 4.78 is 5.37. The van der Waals surface area contributed by atoms with E-state index in [1.165, 1.54) is 18.4 Å². The van der Waals surface area contributed by atoms with Gasteiger partial charge in [0.2, 0.25) is 0 Å². The molecule has 3 nitrogen and oxygen atoms in total. The van der Waals surface area contributed by atoms with E-state index in [0.717, 1.165) is 5.56 Å². The Kier molecular flexibility index (Phi) is 3.23. The van der Waals surface area contributed by atoms with Gasteiger partial charge in [-0.15, -0.1) is 0 Å². The maximum Gasteiger partial charge on any atom is 0.252 e. The Balaban J connectivity index is 1.52. The van der Waals surface area contributed by atoms with Crippen LogP contribution in [0, 0.1) is 0 Å². The number of carbonyl (C=O) groups is 1. The third kappa shape index (κ3) is 2.42. The molecule has 0 bridgehead atoms. The smallest absolute Gasteiger partial charge is 0.252 e. The molecule has 22 heavy (non-hydrogen) atoms. The molecule has 0 aromatic heterocycles. The highest BCUT2D eigenvalue weighted by Gasteiger charge is 2.41. The molecular weight excluding hydrogens is 274 g/mol. The lowest BCUT2D eigenvalue weighted by atomic mass is 9.87. The molecule has 1 N–H and O–H groups in total. The van der Waals surface area contributed by atoms with Gasteiger partial charge in [0.15, 0.2) is 0 Å². The largest absolute Gasteiger partial charge is 0.376 e.